The predicted octanol–water partition coefficient (Wildman–Crippen LogP) is 3.88. The van der Waals surface area contributed by atoms with Gasteiger partial charge in [0.2, 0.25) is 0 Å². The molecule has 1 heteroatoms. The van der Waals surface area contributed by atoms with E-state index in [1.54, 1.807) is 6.08 Å². The van der Waals surface area contributed by atoms with Crippen molar-refractivity contribution in [1.82, 2.24) is 0 Å². The molecule has 0 aliphatic heterocycles. The fourth-order valence-electron chi connectivity index (χ4n) is 1.20. The van der Waals surface area contributed by atoms with Crippen LogP contribution in [0, 0.1) is 0 Å². The first kappa shape index (κ1) is 12.4. The van der Waals surface area contributed by atoms with Crippen LogP contribution in [0.15, 0.2) is 12.2 Å². The monoisotopic (exact) mass is 182 g/mol. The molecule has 0 radical (unpaired) electrons. The van der Waals surface area contributed by atoms with Gasteiger partial charge in [-0.3, -0.25) is 4.79 Å². The largest absolute Gasteiger partial charge is 0.295 e. The number of ketones is 1. The Labute approximate surface area is 82.2 Å². The molecular weight excluding hydrogens is 160 g/mol. The van der Waals surface area contributed by atoms with Gasteiger partial charge in [0.05, 0.1) is 0 Å². The second kappa shape index (κ2) is 9.50. The maximum absolute atomic E-state index is 10.9. The van der Waals surface area contributed by atoms with Gasteiger partial charge in [0.25, 0.3) is 0 Å². The highest BCUT2D eigenvalue weighted by molar-refractivity contribution is 5.89. The summed E-state index contributed by atoms with van der Waals surface area (Å²) in [6.07, 6.45) is 11.9. The van der Waals surface area contributed by atoms with Crippen molar-refractivity contribution in [1.29, 1.82) is 0 Å². The van der Waals surface area contributed by atoms with E-state index in [9.17, 15) is 4.79 Å². The third-order valence-electron chi connectivity index (χ3n) is 2.13. The summed E-state index contributed by atoms with van der Waals surface area (Å²) >= 11 is 0. The average molecular weight is 182 g/mol. The highest BCUT2D eigenvalue weighted by Crippen LogP contribution is 2.05. The van der Waals surface area contributed by atoms with Crippen LogP contribution in [0.2, 0.25) is 0 Å². The lowest BCUT2D eigenvalue weighted by Gasteiger charge is -1.95. The van der Waals surface area contributed by atoms with Crippen LogP contribution < -0.4 is 0 Å². The number of allylic oxidation sites excluding steroid dienone is 2. The minimum Gasteiger partial charge on any atom is -0.295 e. The van der Waals surface area contributed by atoms with Crippen molar-refractivity contribution in [2.45, 2.75) is 58.8 Å². The first-order valence-electron chi connectivity index (χ1n) is 5.50. The summed E-state index contributed by atoms with van der Waals surface area (Å²) in [4.78, 5) is 10.9. The quantitative estimate of drug-likeness (QED) is 0.411. The molecule has 0 aromatic carbocycles. The van der Waals surface area contributed by atoms with Crippen LogP contribution in [0.4, 0.5) is 0 Å². The van der Waals surface area contributed by atoms with Crippen LogP contribution in [-0.4, -0.2) is 5.78 Å². The van der Waals surface area contributed by atoms with Gasteiger partial charge in [-0.25, -0.2) is 0 Å². The van der Waals surface area contributed by atoms with Gasteiger partial charge in [-0.1, -0.05) is 45.6 Å². The van der Waals surface area contributed by atoms with E-state index in [4.69, 9.17) is 0 Å². The van der Waals surface area contributed by atoms with Crippen LogP contribution >= 0.6 is 0 Å². The summed E-state index contributed by atoms with van der Waals surface area (Å²) in [5, 5.41) is 0. The van der Waals surface area contributed by atoms with E-state index in [0.29, 0.717) is 6.42 Å². The zero-order valence-electron chi connectivity index (χ0n) is 9.01. The zero-order valence-corrected chi connectivity index (χ0v) is 9.01. The van der Waals surface area contributed by atoms with Gasteiger partial charge < -0.3 is 0 Å². The lowest BCUT2D eigenvalue weighted by molar-refractivity contribution is -0.114. The summed E-state index contributed by atoms with van der Waals surface area (Å²) in [6.45, 7) is 4.12. The van der Waals surface area contributed by atoms with E-state index >= 15 is 0 Å². The lowest BCUT2D eigenvalue weighted by Crippen LogP contribution is -1.86. The Balaban J connectivity index is 3.15. The molecule has 0 N–H and O–H groups in total. The molecule has 0 unspecified atom stereocenters. The van der Waals surface area contributed by atoms with Gasteiger partial charge in [0.15, 0.2) is 5.78 Å². The minimum atomic E-state index is 0.244. The highest BCUT2D eigenvalue weighted by atomic mass is 16.1. The summed E-state index contributed by atoms with van der Waals surface area (Å²) in [5.41, 5.74) is 0. The number of unbranched alkanes of at least 4 members (excludes halogenated alkanes) is 5. The van der Waals surface area contributed by atoms with Crippen molar-refractivity contribution < 1.29 is 4.79 Å². The Bertz CT molecular complexity index is 147. The molecular formula is C12H22O. The molecule has 0 fully saturated rings. The molecule has 0 amide bonds. The van der Waals surface area contributed by atoms with Crippen LogP contribution in [0.25, 0.3) is 0 Å². The number of hydrogen-bond acceptors (Lipinski definition) is 1. The number of hydrogen-bond donors (Lipinski definition) is 0. The molecule has 0 saturated carbocycles. The molecule has 0 rings (SSSR count). The first-order chi connectivity index (χ1) is 6.31. The molecule has 0 aliphatic rings. The summed E-state index contributed by atoms with van der Waals surface area (Å²) in [7, 11) is 0. The minimum absolute atomic E-state index is 0.244. The second-order valence-electron chi connectivity index (χ2n) is 3.43. The molecule has 0 aromatic heterocycles. The standard InChI is InChI=1S/C12H22O/c1-3-5-6-7-8-9-10-11-12(13)4-2/h10-11H,3-9H2,1-2H3/b11-10+. The van der Waals surface area contributed by atoms with Crippen LogP contribution in [0.1, 0.15) is 58.8 Å². The number of rotatable bonds is 8. The third kappa shape index (κ3) is 9.32. The van der Waals surface area contributed by atoms with Crippen LogP contribution in [0.3, 0.4) is 0 Å². The second-order valence-corrected chi connectivity index (χ2v) is 3.43. The molecule has 0 aromatic rings. The first-order valence-corrected chi connectivity index (χ1v) is 5.50. The van der Waals surface area contributed by atoms with E-state index in [0.717, 1.165) is 6.42 Å². The Kier molecular flexibility index (Phi) is 9.07. The molecule has 0 heterocycles. The number of carbonyl (C=O) groups is 1. The van der Waals surface area contributed by atoms with Gasteiger partial charge in [0.1, 0.15) is 0 Å². The Morgan fingerprint density at radius 1 is 1.08 bits per heavy atom. The van der Waals surface area contributed by atoms with Crippen LogP contribution in [-0.2, 0) is 4.79 Å². The molecule has 76 valence electrons. The predicted molar refractivity (Wildman–Crippen MR) is 57.8 cm³/mol. The van der Waals surface area contributed by atoms with Crippen molar-refractivity contribution in [2.75, 3.05) is 0 Å². The molecule has 1 nitrogen and oxygen atoms in total. The van der Waals surface area contributed by atoms with Crippen molar-refractivity contribution in [3.63, 3.8) is 0 Å². The van der Waals surface area contributed by atoms with E-state index in [1.165, 1.54) is 32.1 Å². The fourth-order valence-corrected chi connectivity index (χ4v) is 1.20. The normalized spacial score (nSPS) is 10.9. The van der Waals surface area contributed by atoms with E-state index in [2.05, 4.69) is 6.92 Å². The molecule has 0 atom stereocenters. The van der Waals surface area contributed by atoms with E-state index < -0.39 is 0 Å². The maximum Gasteiger partial charge on any atom is 0.155 e. The zero-order chi connectivity index (χ0) is 9.94. The fraction of sp³-hybridized carbons (Fsp3) is 0.750. The molecule has 0 bridgehead atoms. The topological polar surface area (TPSA) is 17.1 Å². The van der Waals surface area contributed by atoms with Crippen LogP contribution in [0.5, 0.6) is 0 Å². The van der Waals surface area contributed by atoms with Crippen molar-refractivity contribution in [2.24, 2.45) is 0 Å². The van der Waals surface area contributed by atoms with Crippen molar-refractivity contribution >= 4 is 5.78 Å². The molecule has 0 aliphatic carbocycles. The van der Waals surface area contributed by atoms with Gasteiger partial charge in [-0.15, -0.1) is 0 Å². The smallest absolute Gasteiger partial charge is 0.155 e. The average Bonchev–Trinajstić information content (AvgIpc) is 2.16. The summed E-state index contributed by atoms with van der Waals surface area (Å²) in [6, 6.07) is 0. The van der Waals surface area contributed by atoms with E-state index in [-0.39, 0.29) is 5.78 Å². The summed E-state index contributed by atoms with van der Waals surface area (Å²) in [5.74, 6) is 0.244. The van der Waals surface area contributed by atoms with Crippen molar-refractivity contribution in [3.05, 3.63) is 12.2 Å². The lowest BCUT2D eigenvalue weighted by atomic mass is 10.1. The Morgan fingerprint density at radius 2 is 1.77 bits per heavy atom. The van der Waals surface area contributed by atoms with E-state index in [1.807, 2.05) is 13.0 Å². The number of carbonyl (C=O) groups excluding carboxylic acids is 1. The van der Waals surface area contributed by atoms with Gasteiger partial charge >= 0.3 is 0 Å². The summed E-state index contributed by atoms with van der Waals surface area (Å²) < 4.78 is 0. The van der Waals surface area contributed by atoms with Gasteiger partial charge in [0, 0.05) is 6.42 Å². The third-order valence-corrected chi connectivity index (χ3v) is 2.13. The molecule has 0 spiro atoms. The SMILES string of the molecule is CCCCCCC/C=C/C(=O)CC. The highest BCUT2D eigenvalue weighted by Gasteiger charge is 1.89. The Morgan fingerprint density at radius 3 is 2.38 bits per heavy atom. The van der Waals surface area contributed by atoms with Gasteiger partial charge in [-0.2, -0.15) is 0 Å². The molecule has 13 heavy (non-hydrogen) atoms. The van der Waals surface area contributed by atoms with Crippen molar-refractivity contribution in [3.8, 4) is 0 Å². The maximum atomic E-state index is 10.9. The molecule has 0 saturated heterocycles. The van der Waals surface area contributed by atoms with Gasteiger partial charge in [-0.05, 0) is 18.9 Å². The Hall–Kier alpha value is -0.590.